The van der Waals surface area contributed by atoms with Crippen LogP contribution in [-0.4, -0.2) is 70.4 Å². The smallest absolute Gasteiger partial charge is 0.410 e. The van der Waals surface area contributed by atoms with Crippen LogP contribution in [0.15, 0.2) is 18.3 Å². The van der Waals surface area contributed by atoms with Gasteiger partial charge in [-0.2, -0.15) is 0 Å². The molecule has 0 aliphatic carbocycles. The average Bonchev–Trinajstić information content (AvgIpc) is 2.65. The number of esters is 1. The van der Waals surface area contributed by atoms with Gasteiger partial charge in [0.1, 0.15) is 11.2 Å². The SMILES string of the molecule is CCOC(=O)c1cccnc1C1CN(C(=O)OC(C)(C)C)CCN1C(=O)OC(C)(C)C. The fourth-order valence-corrected chi connectivity index (χ4v) is 3.11. The molecule has 2 heterocycles. The van der Waals surface area contributed by atoms with Crippen LogP contribution in [0.5, 0.6) is 0 Å². The van der Waals surface area contributed by atoms with E-state index in [2.05, 4.69) is 4.98 Å². The van der Waals surface area contributed by atoms with Gasteiger partial charge in [0.05, 0.1) is 30.5 Å². The molecule has 1 atom stereocenters. The highest BCUT2D eigenvalue weighted by molar-refractivity contribution is 5.91. The number of piperazine rings is 1. The molecule has 1 aromatic rings. The van der Waals surface area contributed by atoms with Crippen molar-refractivity contribution in [2.45, 2.75) is 65.7 Å². The molecule has 0 aromatic carbocycles. The standard InChI is InChI=1S/C22H33N3O6/c1-8-29-18(26)15-10-9-11-23-17(15)16-14-24(19(27)30-21(2,3)4)12-13-25(16)20(28)31-22(5,6)7/h9-11,16H,8,12-14H2,1-7H3. The molecule has 1 fully saturated rings. The van der Waals surface area contributed by atoms with Crippen LogP contribution in [0.1, 0.15) is 70.6 Å². The zero-order chi connectivity index (χ0) is 23.4. The molecule has 0 saturated carbocycles. The summed E-state index contributed by atoms with van der Waals surface area (Å²) in [5, 5.41) is 0. The Bertz CT molecular complexity index is 812. The van der Waals surface area contributed by atoms with Gasteiger partial charge in [0.2, 0.25) is 0 Å². The summed E-state index contributed by atoms with van der Waals surface area (Å²) in [6.45, 7) is 13.2. The Hall–Kier alpha value is -2.84. The first kappa shape index (κ1) is 24.4. The average molecular weight is 436 g/mol. The first-order valence-electron chi connectivity index (χ1n) is 10.4. The van der Waals surface area contributed by atoms with Crippen LogP contribution >= 0.6 is 0 Å². The molecule has 1 aliphatic rings. The van der Waals surface area contributed by atoms with E-state index in [1.165, 1.54) is 16.0 Å². The maximum absolute atomic E-state index is 12.9. The van der Waals surface area contributed by atoms with Gasteiger partial charge in [0.15, 0.2) is 0 Å². The summed E-state index contributed by atoms with van der Waals surface area (Å²) in [4.78, 5) is 45.5. The molecule has 0 spiro atoms. The number of ether oxygens (including phenoxy) is 3. The van der Waals surface area contributed by atoms with Crippen LogP contribution in [0, 0.1) is 0 Å². The van der Waals surface area contributed by atoms with Crippen molar-refractivity contribution in [1.82, 2.24) is 14.8 Å². The summed E-state index contributed by atoms with van der Waals surface area (Å²) in [6.07, 6.45) is 0.509. The number of aromatic nitrogens is 1. The lowest BCUT2D eigenvalue weighted by atomic mass is 10.0. The van der Waals surface area contributed by atoms with Gasteiger partial charge in [0, 0.05) is 19.3 Å². The number of hydrogen-bond acceptors (Lipinski definition) is 7. The highest BCUT2D eigenvalue weighted by atomic mass is 16.6. The Balaban J connectivity index is 2.41. The van der Waals surface area contributed by atoms with Crippen molar-refractivity contribution >= 4 is 18.2 Å². The maximum atomic E-state index is 12.9. The first-order chi connectivity index (χ1) is 14.3. The lowest BCUT2D eigenvalue weighted by Gasteiger charge is -2.41. The van der Waals surface area contributed by atoms with E-state index in [1.54, 1.807) is 60.6 Å². The van der Waals surface area contributed by atoms with Gasteiger partial charge in [-0.05, 0) is 60.6 Å². The van der Waals surface area contributed by atoms with Gasteiger partial charge in [-0.3, -0.25) is 9.88 Å². The van der Waals surface area contributed by atoms with E-state index in [0.717, 1.165) is 0 Å². The van der Waals surface area contributed by atoms with E-state index in [0.29, 0.717) is 5.69 Å². The van der Waals surface area contributed by atoms with Gasteiger partial charge in [0.25, 0.3) is 0 Å². The van der Waals surface area contributed by atoms with Gasteiger partial charge in [-0.1, -0.05) is 0 Å². The van der Waals surface area contributed by atoms with Crippen molar-refractivity contribution < 1.29 is 28.6 Å². The molecule has 9 nitrogen and oxygen atoms in total. The van der Waals surface area contributed by atoms with Crippen LogP contribution in [0.2, 0.25) is 0 Å². The molecular formula is C22H33N3O6. The van der Waals surface area contributed by atoms with E-state index in [-0.39, 0.29) is 31.8 Å². The van der Waals surface area contributed by atoms with Crippen molar-refractivity contribution in [2.75, 3.05) is 26.2 Å². The third-order valence-corrected chi connectivity index (χ3v) is 4.31. The Morgan fingerprint density at radius 3 is 2.23 bits per heavy atom. The summed E-state index contributed by atoms with van der Waals surface area (Å²) < 4.78 is 16.2. The Kier molecular flexibility index (Phi) is 7.51. The van der Waals surface area contributed by atoms with E-state index in [4.69, 9.17) is 14.2 Å². The Labute approximate surface area is 183 Å². The lowest BCUT2D eigenvalue weighted by molar-refractivity contribution is -0.0159. The summed E-state index contributed by atoms with van der Waals surface area (Å²) in [5.74, 6) is -0.538. The van der Waals surface area contributed by atoms with Crippen molar-refractivity contribution in [1.29, 1.82) is 0 Å². The zero-order valence-electron chi connectivity index (χ0n) is 19.4. The van der Waals surface area contributed by atoms with Crippen LogP contribution in [0.25, 0.3) is 0 Å². The third-order valence-electron chi connectivity index (χ3n) is 4.31. The number of rotatable bonds is 3. The fraction of sp³-hybridized carbons (Fsp3) is 0.636. The molecule has 1 aliphatic heterocycles. The van der Waals surface area contributed by atoms with Gasteiger partial charge in [-0.15, -0.1) is 0 Å². The van der Waals surface area contributed by atoms with E-state index < -0.39 is 35.4 Å². The molecule has 31 heavy (non-hydrogen) atoms. The molecular weight excluding hydrogens is 402 g/mol. The summed E-state index contributed by atoms with van der Waals surface area (Å²) in [6, 6.07) is 2.53. The highest BCUT2D eigenvalue weighted by Crippen LogP contribution is 2.29. The third kappa shape index (κ3) is 6.83. The van der Waals surface area contributed by atoms with Crippen LogP contribution in [0.4, 0.5) is 9.59 Å². The van der Waals surface area contributed by atoms with Gasteiger partial charge >= 0.3 is 18.2 Å². The van der Waals surface area contributed by atoms with Crippen molar-refractivity contribution in [3.8, 4) is 0 Å². The van der Waals surface area contributed by atoms with Crippen molar-refractivity contribution in [3.63, 3.8) is 0 Å². The van der Waals surface area contributed by atoms with Crippen LogP contribution < -0.4 is 0 Å². The highest BCUT2D eigenvalue weighted by Gasteiger charge is 2.39. The second-order valence-corrected chi connectivity index (χ2v) is 9.27. The number of carbonyl (C=O) groups excluding carboxylic acids is 3. The minimum atomic E-state index is -0.697. The summed E-state index contributed by atoms with van der Waals surface area (Å²) in [5.41, 5.74) is -0.762. The fourth-order valence-electron chi connectivity index (χ4n) is 3.11. The minimum absolute atomic E-state index is 0.109. The molecule has 1 saturated heterocycles. The Morgan fingerprint density at radius 2 is 1.65 bits per heavy atom. The Morgan fingerprint density at radius 1 is 1.03 bits per heavy atom. The normalized spacial score (nSPS) is 17.2. The number of nitrogens with zero attached hydrogens (tertiary/aromatic N) is 3. The lowest BCUT2D eigenvalue weighted by Crippen LogP contribution is -2.54. The molecule has 2 amide bonds. The van der Waals surface area contributed by atoms with Gasteiger partial charge < -0.3 is 19.1 Å². The molecule has 1 unspecified atom stereocenters. The second-order valence-electron chi connectivity index (χ2n) is 9.27. The minimum Gasteiger partial charge on any atom is -0.462 e. The molecule has 0 N–H and O–H groups in total. The molecule has 0 radical (unpaired) electrons. The zero-order valence-corrected chi connectivity index (χ0v) is 19.4. The molecule has 172 valence electrons. The molecule has 1 aromatic heterocycles. The number of hydrogen-bond donors (Lipinski definition) is 0. The molecule has 0 bridgehead atoms. The maximum Gasteiger partial charge on any atom is 0.410 e. The quantitative estimate of drug-likeness (QED) is 0.526. The predicted octanol–water partition coefficient (Wildman–Crippen LogP) is 3.79. The van der Waals surface area contributed by atoms with E-state index in [9.17, 15) is 14.4 Å². The number of amides is 2. The van der Waals surface area contributed by atoms with E-state index >= 15 is 0 Å². The molecule has 9 heteroatoms. The van der Waals surface area contributed by atoms with Crippen molar-refractivity contribution in [2.24, 2.45) is 0 Å². The summed E-state index contributed by atoms with van der Waals surface area (Å²) >= 11 is 0. The predicted molar refractivity (Wildman–Crippen MR) is 114 cm³/mol. The van der Waals surface area contributed by atoms with E-state index in [1.807, 2.05) is 0 Å². The van der Waals surface area contributed by atoms with Crippen LogP contribution in [-0.2, 0) is 14.2 Å². The van der Waals surface area contributed by atoms with Gasteiger partial charge in [-0.25, -0.2) is 14.4 Å². The topological polar surface area (TPSA) is 98.3 Å². The second kappa shape index (κ2) is 9.53. The first-order valence-corrected chi connectivity index (χ1v) is 10.4. The number of pyridine rings is 1. The molecule has 2 rings (SSSR count). The summed E-state index contributed by atoms with van der Waals surface area (Å²) in [7, 11) is 0. The largest absolute Gasteiger partial charge is 0.462 e. The van der Waals surface area contributed by atoms with Crippen molar-refractivity contribution in [3.05, 3.63) is 29.6 Å². The monoisotopic (exact) mass is 435 g/mol. The number of carbonyl (C=O) groups is 3. The van der Waals surface area contributed by atoms with Crippen LogP contribution in [0.3, 0.4) is 0 Å².